The predicted molar refractivity (Wildman–Crippen MR) is 91.8 cm³/mol. The van der Waals surface area contributed by atoms with Crippen molar-refractivity contribution in [3.05, 3.63) is 64.7 Å². The van der Waals surface area contributed by atoms with E-state index in [-0.39, 0.29) is 36.1 Å². The molecule has 1 aliphatic rings. The summed E-state index contributed by atoms with van der Waals surface area (Å²) < 4.78 is 31.7. The van der Waals surface area contributed by atoms with Crippen molar-refractivity contribution in [1.29, 1.82) is 0 Å². The summed E-state index contributed by atoms with van der Waals surface area (Å²) in [5.74, 6) is -1.50. The van der Waals surface area contributed by atoms with Gasteiger partial charge in [0.2, 0.25) is 5.91 Å². The third kappa shape index (κ3) is 4.28. The van der Waals surface area contributed by atoms with Crippen molar-refractivity contribution >= 4 is 17.5 Å². The summed E-state index contributed by atoms with van der Waals surface area (Å²) in [4.78, 5) is 12.3. The lowest BCUT2D eigenvalue weighted by atomic mass is 10.1. The summed E-state index contributed by atoms with van der Waals surface area (Å²) in [5, 5.41) is 3.53. The lowest BCUT2D eigenvalue weighted by molar-refractivity contribution is -0.123. The Labute approximate surface area is 149 Å². The van der Waals surface area contributed by atoms with Gasteiger partial charge in [-0.15, -0.1) is 0 Å². The Balaban J connectivity index is 1.49. The van der Waals surface area contributed by atoms with E-state index in [4.69, 9.17) is 16.3 Å². The van der Waals surface area contributed by atoms with Crippen molar-refractivity contribution in [2.24, 2.45) is 5.92 Å². The lowest BCUT2D eigenvalue weighted by Crippen LogP contribution is -2.38. The van der Waals surface area contributed by atoms with Crippen LogP contribution in [0.3, 0.4) is 0 Å². The number of amides is 1. The minimum Gasteiger partial charge on any atom is -0.488 e. The highest BCUT2D eigenvalue weighted by atomic mass is 35.5. The number of nitrogens with one attached hydrogen (secondary N) is 1. The van der Waals surface area contributed by atoms with E-state index in [1.165, 1.54) is 6.07 Å². The highest BCUT2D eigenvalue weighted by Gasteiger charge is 2.45. The molecule has 1 N–H and O–H groups in total. The number of carbonyl (C=O) groups excluding carboxylic acids is 1. The van der Waals surface area contributed by atoms with E-state index in [2.05, 4.69) is 5.32 Å². The maximum atomic E-state index is 13.5. The van der Waals surface area contributed by atoms with Gasteiger partial charge in [-0.3, -0.25) is 4.79 Å². The van der Waals surface area contributed by atoms with Crippen LogP contribution in [0.25, 0.3) is 0 Å². The van der Waals surface area contributed by atoms with Crippen molar-refractivity contribution in [3.8, 4) is 5.75 Å². The molecular formula is C19H18ClF2NO2. The van der Waals surface area contributed by atoms with Gasteiger partial charge in [0.1, 0.15) is 12.4 Å². The second-order valence-electron chi connectivity index (χ2n) is 6.27. The SMILES string of the molecule is CC(COc1ccc(F)cc1F)NC(=O)C1CC1c1ccccc1Cl. The van der Waals surface area contributed by atoms with Gasteiger partial charge in [0.25, 0.3) is 0 Å². The third-order valence-corrected chi connectivity index (χ3v) is 4.55. The van der Waals surface area contributed by atoms with Crippen LogP contribution in [0.2, 0.25) is 5.02 Å². The average molecular weight is 366 g/mol. The Bertz CT molecular complexity index is 784. The molecule has 3 unspecified atom stereocenters. The van der Waals surface area contributed by atoms with Crippen LogP contribution in [-0.2, 0) is 4.79 Å². The molecule has 2 aromatic carbocycles. The van der Waals surface area contributed by atoms with Crippen LogP contribution < -0.4 is 10.1 Å². The molecule has 0 saturated heterocycles. The van der Waals surface area contributed by atoms with Crippen LogP contribution in [-0.4, -0.2) is 18.6 Å². The lowest BCUT2D eigenvalue weighted by Gasteiger charge is -2.15. The molecule has 3 rings (SSSR count). The average Bonchev–Trinajstić information content (AvgIpc) is 3.35. The van der Waals surface area contributed by atoms with Gasteiger partial charge in [0.15, 0.2) is 11.6 Å². The number of carbonyl (C=O) groups is 1. The minimum atomic E-state index is -0.764. The zero-order chi connectivity index (χ0) is 18.0. The summed E-state index contributed by atoms with van der Waals surface area (Å²) in [5.41, 5.74) is 0.988. The molecule has 1 aliphatic carbocycles. The van der Waals surface area contributed by atoms with E-state index in [9.17, 15) is 13.6 Å². The third-order valence-electron chi connectivity index (χ3n) is 4.20. The largest absolute Gasteiger partial charge is 0.488 e. The standard InChI is InChI=1S/C19H18ClF2NO2/c1-11(10-25-18-7-6-12(21)8-17(18)22)23-19(24)15-9-14(15)13-4-2-3-5-16(13)20/h2-8,11,14-15H,9-10H2,1H3,(H,23,24). The Hall–Kier alpha value is -2.14. The second kappa shape index (κ2) is 7.40. The molecule has 25 heavy (non-hydrogen) atoms. The van der Waals surface area contributed by atoms with Crippen molar-refractivity contribution < 1.29 is 18.3 Å². The molecule has 1 fully saturated rings. The molecule has 0 radical (unpaired) electrons. The first-order valence-electron chi connectivity index (χ1n) is 8.08. The fourth-order valence-corrected chi connectivity index (χ4v) is 3.08. The summed E-state index contributed by atoms with van der Waals surface area (Å²) >= 11 is 6.16. The van der Waals surface area contributed by atoms with Gasteiger partial charge in [0, 0.05) is 17.0 Å². The van der Waals surface area contributed by atoms with Crippen molar-refractivity contribution in [2.45, 2.75) is 25.3 Å². The van der Waals surface area contributed by atoms with Crippen LogP contribution in [0.1, 0.15) is 24.8 Å². The molecule has 1 amide bonds. The van der Waals surface area contributed by atoms with Gasteiger partial charge in [-0.05, 0) is 43.0 Å². The molecule has 0 spiro atoms. The molecule has 1 saturated carbocycles. The minimum absolute atomic E-state index is 0.0390. The van der Waals surface area contributed by atoms with Crippen LogP contribution in [0.4, 0.5) is 8.78 Å². The number of halogens is 3. The molecule has 3 nitrogen and oxygen atoms in total. The normalized spacial score (nSPS) is 20.0. The molecule has 0 bridgehead atoms. The fourth-order valence-electron chi connectivity index (χ4n) is 2.80. The smallest absolute Gasteiger partial charge is 0.224 e. The van der Waals surface area contributed by atoms with Gasteiger partial charge >= 0.3 is 0 Å². The highest BCUT2D eigenvalue weighted by molar-refractivity contribution is 6.31. The molecule has 3 atom stereocenters. The molecule has 2 aromatic rings. The van der Waals surface area contributed by atoms with Crippen molar-refractivity contribution in [2.75, 3.05) is 6.61 Å². The monoisotopic (exact) mass is 365 g/mol. The van der Waals surface area contributed by atoms with Crippen LogP contribution in [0.5, 0.6) is 5.75 Å². The zero-order valence-electron chi connectivity index (χ0n) is 13.6. The number of rotatable bonds is 6. The van der Waals surface area contributed by atoms with E-state index < -0.39 is 11.6 Å². The van der Waals surface area contributed by atoms with Crippen LogP contribution in [0.15, 0.2) is 42.5 Å². The zero-order valence-corrected chi connectivity index (χ0v) is 14.4. The topological polar surface area (TPSA) is 38.3 Å². The molecule has 0 aliphatic heterocycles. The Morgan fingerprint density at radius 3 is 2.80 bits per heavy atom. The Kier molecular flexibility index (Phi) is 5.23. The fraction of sp³-hybridized carbons (Fsp3) is 0.316. The van der Waals surface area contributed by atoms with Gasteiger partial charge in [-0.25, -0.2) is 8.78 Å². The summed E-state index contributed by atoms with van der Waals surface area (Å²) in [7, 11) is 0. The number of hydrogen-bond acceptors (Lipinski definition) is 2. The number of ether oxygens (including phenoxy) is 1. The first kappa shape index (κ1) is 17.7. The van der Waals surface area contributed by atoms with E-state index in [0.717, 1.165) is 24.1 Å². The summed E-state index contributed by atoms with van der Waals surface area (Å²) in [6, 6.07) is 10.3. The Morgan fingerprint density at radius 2 is 2.08 bits per heavy atom. The Morgan fingerprint density at radius 1 is 1.32 bits per heavy atom. The first-order chi connectivity index (χ1) is 12.0. The molecule has 0 heterocycles. The number of hydrogen-bond donors (Lipinski definition) is 1. The van der Waals surface area contributed by atoms with E-state index >= 15 is 0 Å². The first-order valence-corrected chi connectivity index (χ1v) is 8.46. The van der Waals surface area contributed by atoms with Gasteiger partial charge in [-0.2, -0.15) is 0 Å². The predicted octanol–water partition coefficient (Wildman–Crippen LogP) is 4.31. The van der Waals surface area contributed by atoms with Crippen molar-refractivity contribution in [3.63, 3.8) is 0 Å². The quantitative estimate of drug-likeness (QED) is 0.828. The molecule has 132 valence electrons. The van der Waals surface area contributed by atoms with Gasteiger partial charge < -0.3 is 10.1 Å². The van der Waals surface area contributed by atoms with Gasteiger partial charge in [-0.1, -0.05) is 29.8 Å². The van der Waals surface area contributed by atoms with Gasteiger partial charge in [0.05, 0.1) is 6.04 Å². The van der Waals surface area contributed by atoms with E-state index in [1.54, 1.807) is 6.92 Å². The van der Waals surface area contributed by atoms with E-state index in [1.807, 2.05) is 24.3 Å². The maximum Gasteiger partial charge on any atom is 0.224 e. The summed E-state index contributed by atoms with van der Waals surface area (Å²) in [6.07, 6.45) is 0.760. The summed E-state index contributed by atoms with van der Waals surface area (Å²) in [6.45, 7) is 1.87. The van der Waals surface area contributed by atoms with Crippen LogP contribution >= 0.6 is 11.6 Å². The molecule has 0 aromatic heterocycles. The molecular weight excluding hydrogens is 348 g/mol. The van der Waals surface area contributed by atoms with Crippen LogP contribution in [0, 0.1) is 17.6 Å². The maximum absolute atomic E-state index is 13.5. The second-order valence-corrected chi connectivity index (χ2v) is 6.67. The number of benzene rings is 2. The molecule has 6 heteroatoms. The highest BCUT2D eigenvalue weighted by Crippen LogP contribution is 2.49. The van der Waals surface area contributed by atoms with Crippen molar-refractivity contribution in [1.82, 2.24) is 5.32 Å². The van der Waals surface area contributed by atoms with E-state index in [0.29, 0.717) is 5.02 Å².